The number of benzene rings is 3. The Morgan fingerprint density at radius 3 is 2.10 bits per heavy atom. The van der Waals surface area contributed by atoms with Crippen LogP contribution in [0.3, 0.4) is 0 Å². The predicted molar refractivity (Wildman–Crippen MR) is 124 cm³/mol. The Morgan fingerprint density at radius 1 is 0.871 bits per heavy atom. The number of rotatable bonds is 8. The lowest BCUT2D eigenvalue weighted by atomic mass is 10.1. The van der Waals surface area contributed by atoms with Crippen LogP contribution in [-0.2, 0) is 16.0 Å². The maximum absolute atomic E-state index is 12.5. The first-order valence-electron chi connectivity index (χ1n) is 10.3. The third kappa shape index (κ3) is 6.44. The van der Waals surface area contributed by atoms with Crippen molar-refractivity contribution in [1.29, 1.82) is 0 Å². The number of anilines is 1. The van der Waals surface area contributed by atoms with Crippen LogP contribution in [0.15, 0.2) is 78.9 Å². The van der Waals surface area contributed by atoms with E-state index >= 15 is 0 Å². The van der Waals surface area contributed by atoms with E-state index in [1.807, 2.05) is 66.7 Å². The number of nitrogens with one attached hydrogen (secondary N) is 1. The quantitative estimate of drug-likeness (QED) is 0.575. The third-order valence-electron chi connectivity index (χ3n) is 4.99. The molecule has 0 spiro atoms. The molecule has 3 aromatic rings. The molecule has 0 radical (unpaired) electrons. The number of carbonyl (C=O) groups excluding carboxylic acids is 2. The zero-order chi connectivity index (χ0) is 22.2. The smallest absolute Gasteiger partial charge is 0.265 e. The molecule has 2 amide bonds. The zero-order valence-electron chi connectivity index (χ0n) is 18.2. The Hall–Kier alpha value is -3.60. The summed E-state index contributed by atoms with van der Waals surface area (Å²) in [5.41, 5.74) is 3.98. The molecule has 31 heavy (non-hydrogen) atoms. The molecular weight excluding hydrogens is 388 g/mol. The van der Waals surface area contributed by atoms with Crippen LogP contribution in [0.4, 0.5) is 5.69 Å². The molecule has 0 heterocycles. The summed E-state index contributed by atoms with van der Waals surface area (Å²) in [5, 5.41) is 2.87. The number of hydrogen-bond donors (Lipinski definition) is 1. The summed E-state index contributed by atoms with van der Waals surface area (Å²) in [5.74, 6) is 0.520. The molecule has 1 N–H and O–H groups in total. The topological polar surface area (TPSA) is 58.6 Å². The monoisotopic (exact) mass is 416 g/mol. The van der Waals surface area contributed by atoms with Gasteiger partial charge < -0.3 is 15.0 Å². The summed E-state index contributed by atoms with van der Waals surface area (Å²) in [7, 11) is 3.50. The highest BCUT2D eigenvalue weighted by Gasteiger charge is 2.15. The summed E-state index contributed by atoms with van der Waals surface area (Å²) >= 11 is 0. The lowest BCUT2D eigenvalue weighted by Crippen LogP contribution is -2.30. The van der Waals surface area contributed by atoms with Gasteiger partial charge in [-0.2, -0.15) is 0 Å². The number of amides is 2. The van der Waals surface area contributed by atoms with Gasteiger partial charge in [0.05, 0.1) is 0 Å². The molecule has 0 saturated heterocycles. The second-order valence-electron chi connectivity index (χ2n) is 7.62. The Morgan fingerprint density at radius 2 is 1.48 bits per heavy atom. The van der Waals surface area contributed by atoms with Crippen LogP contribution in [0.25, 0.3) is 11.1 Å². The second kappa shape index (κ2) is 10.4. The van der Waals surface area contributed by atoms with Gasteiger partial charge in [0.15, 0.2) is 6.10 Å². The molecule has 0 aliphatic heterocycles. The molecular formula is C26H28N2O3. The molecule has 3 rings (SSSR count). The van der Waals surface area contributed by atoms with Crippen LogP contribution >= 0.6 is 0 Å². The number of nitrogens with zero attached hydrogens (tertiary/aromatic N) is 1. The molecule has 0 aromatic heterocycles. The van der Waals surface area contributed by atoms with Crippen molar-refractivity contribution in [2.24, 2.45) is 0 Å². The maximum atomic E-state index is 12.5. The van der Waals surface area contributed by atoms with Gasteiger partial charge in [-0.3, -0.25) is 9.59 Å². The van der Waals surface area contributed by atoms with E-state index in [1.54, 1.807) is 25.9 Å². The summed E-state index contributed by atoms with van der Waals surface area (Å²) in [6.45, 7) is 1.72. The Bertz CT molecular complexity index is 997. The van der Waals surface area contributed by atoms with Gasteiger partial charge in [0.1, 0.15) is 5.75 Å². The molecule has 1 unspecified atom stereocenters. The lowest BCUT2D eigenvalue weighted by molar-refractivity contribution is -0.128. The molecule has 0 fully saturated rings. The highest BCUT2D eigenvalue weighted by Crippen LogP contribution is 2.23. The van der Waals surface area contributed by atoms with E-state index in [0.29, 0.717) is 24.3 Å². The van der Waals surface area contributed by atoms with Gasteiger partial charge in [0.2, 0.25) is 5.91 Å². The highest BCUT2D eigenvalue weighted by atomic mass is 16.5. The first-order valence-corrected chi connectivity index (χ1v) is 10.3. The van der Waals surface area contributed by atoms with Gasteiger partial charge in [0.25, 0.3) is 5.91 Å². The van der Waals surface area contributed by atoms with E-state index in [0.717, 1.165) is 16.7 Å². The molecule has 5 nitrogen and oxygen atoms in total. The van der Waals surface area contributed by atoms with Crippen LogP contribution in [0, 0.1) is 0 Å². The molecule has 0 saturated carbocycles. The van der Waals surface area contributed by atoms with Gasteiger partial charge in [0, 0.05) is 26.2 Å². The Balaban J connectivity index is 1.51. The minimum absolute atomic E-state index is 0.0974. The van der Waals surface area contributed by atoms with Crippen LogP contribution in [0.2, 0.25) is 0 Å². The van der Waals surface area contributed by atoms with E-state index < -0.39 is 6.10 Å². The van der Waals surface area contributed by atoms with E-state index in [4.69, 9.17) is 4.74 Å². The van der Waals surface area contributed by atoms with Crippen LogP contribution < -0.4 is 10.1 Å². The molecule has 0 bridgehead atoms. The summed E-state index contributed by atoms with van der Waals surface area (Å²) in [6, 6.07) is 25.3. The van der Waals surface area contributed by atoms with Crippen LogP contribution in [-0.4, -0.2) is 36.9 Å². The SMILES string of the molecule is CC(Oc1ccc(-c2ccccc2)cc1)C(=O)Nc1ccc(CCC(=O)N(C)C)cc1. The average molecular weight is 417 g/mol. The van der Waals surface area contributed by atoms with Gasteiger partial charge in [-0.1, -0.05) is 54.6 Å². The van der Waals surface area contributed by atoms with Crippen molar-refractivity contribution in [2.75, 3.05) is 19.4 Å². The van der Waals surface area contributed by atoms with Gasteiger partial charge in [-0.25, -0.2) is 0 Å². The predicted octanol–water partition coefficient (Wildman–Crippen LogP) is 4.78. The van der Waals surface area contributed by atoms with Gasteiger partial charge in [-0.05, 0) is 54.3 Å². The fraction of sp³-hybridized carbons (Fsp3) is 0.231. The minimum Gasteiger partial charge on any atom is -0.481 e. The zero-order valence-corrected chi connectivity index (χ0v) is 18.2. The molecule has 0 aliphatic rings. The Labute approximate surface area is 183 Å². The van der Waals surface area contributed by atoms with E-state index in [9.17, 15) is 9.59 Å². The van der Waals surface area contributed by atoms with Crippen molar-refractivity contribution in [1.82, 2.24) is 4.90 Å². The first-order chi connectivity index (χ1) is 14.9. The molecule has 1 atom stereocenters. The summed E-state index contributed by atoms with van der Waals surface area (Å²) in [6.07, 6.45) is 0.496. The normalized spacial score (nSPS) is 11.5. The average Bonchev–Trinajstić information content (AvgIpc) is 2.79. The second-order valence-corrected chi connectivity index (χ2v) is 7.62. The van der Waals surface area contributed by atoms with E-state index in [-0.39, 0.29) is 11.8 Å². The van der Waals surface area contributed by atoms with Crippen molar-refractivity contribution >= 4 is 17.5 Å². The molecule has 0 aliphatic carbocycles. The van der Waals surface area contributed by atoms with Gasteiger partial charge in [-0.15, -0.1) is 0 Å². The van der Waals surface area contributed by atoms with Crippen molar-refractivity contribution in [2.45, 2.75) is 25.9 Å². The van der Waals surface area contributed by atoms with Crippen LogP contribution in [0.1, 0.15) is 18.9 Å². The minimum atomic E-state index is -0.639. The fourth-order valence-electron chi connectivity index (χ4n) is 3.09. The third-order valence-corrected chi connectivity index (χ3v) is 4.99. The Kier molecular flexibility index (Phi) is 7.44. The number of ether oxygens (including phenoxy) is 1. The largest absolute Gasteiger partial charge is 0.481 e. The van der Waals surface area contributed by atoms with Crippen molar-refractivity contribution < 1.29 is 14.3 Å². The molecule has 3 aromatic carbocycles. The highest BCUT2D eigenvalue weighted by molar-refractivity contribution is 5.94. The number of hydrogen-bond acceptors (Lipinski definition) is 3. The van der Waals surface area contributed by atoms with E-state index in [2.05, 4.69) is 17.4 Å². The fourth-order valence-corrected chi connectivity index (χ4v) is 3.09. The summed E-state index contributed by atoms with van der Waals surface area (Å²) < 4.78 is 5.80. The summed E-state index contributed by atoms with van der Waals surface area (Å²) in [4.78, 5) is 25.8. The van der Waals surface area contributed by atoms with E-state index in [1.165, 1.54) is 0 Å². The maximum Gasteiger partial charge on any atom is 0.265 e. The van der Waals surface area contributed by atoms with Crippen molar-refractivity contribution in [3.8, 4) is 16.9 Å². The number of aryl methyl sites for hydroxylation is 1. The first kappa shape index (κ1) is 22.1. The van der Waals surface area contributed by atoms with Gasteiger partial charge >= 0.3 is 0 Å². The van der Waals surface area contributed by atoms with Crippen molar-refractivity contribution in [3.05, 3.63) is 84.4 Å². The van der Waals surface area contributed by atoms with Crippen LogP contribution in [0.5, 0.6) is 5.75 Å². The lowest BCUT2D eigenvalue weighted by Gasteiger charge is -2.15. The van der Waals surface area contributed by atoms with Crippen molar-refractivity contribution in [3.63, 3.8) is 0 Å². The molecule has 160 valence electrons. The number of carbonyl (C=O) groups is 2. The standard InChI is InChI=1S/C26H28N2O3/c1-19(31-24-16-12-22(13-17-24)21-7-5-4-6-8-21)26(30)27-23-14-9-20(10-15-23)11-18-25(29)28(2)3/h4-10,12-17,19H,11,18H2,1-3H3,(H,27,30). The molecule has 5 heteroatoms.